The summed E-state index contributed by atoms with van der Waals surface area (Å²) in [5, 5.41) is 24.9. The van der Waals surface area contributed by atoms with E-state index in [9.17, 15) is 18.0 Å². The van der Waals surface area contributed by atoms with Gasteiger partial charge in [0, 0.05) is 17.4 Å². The van der Waals surface area contributed by atoms with Gasteiger partial charge in [-0.1, -0.05) is 12.1 Å². The lowest BCUT2D eigenvalue weighted by Crippen LogP contribution is -2.13. The van der Waals surface area contributed by atoms with Crippen molar-refractivity contribution in [1.29, 1.82) is 5.26 Å². The molecule has 2 aromatic carbocycles. The molecule has 0 bridgehead atoms. The third-order valence-electron chi connectivity index (χ3n) is 4.50. The predicted molar refractivity (Wildman–Crippen MR) is 105 cm³/mol. The molecule has 0 atom stereocenters. The highest BCUT2D eigenvalue weighted by atomic mass is 19.4. The second-order valence-electron chi connectivity index (χ2n) is 6.50. The van der Waals surface area contributed by atoms with Crippen molar-refractivity contribution in [3.05, 3.63) is 77.5 Å². The molecular formula is C21H12F3N5O2. The molecule has 0 aliphatic rings. The number of nitrogens with zero attached hydrogens (tertiary/aromatic N) is 4. The summed E-state index contributed by atoms with van der Waals surface area (Å²) in [5.41, 5.74) is 0.334. The molecular weight excluding hydrogens is 411 g/mol. The molecule has 154 valence electrons. The van der Waals surface area contributed by atoms with E-state index < -0.39 is 23.3 Å². The van der Waals surface area contributed by atoms with Crippen molar-refractivity contribution in [3.8, 4) is 17.2 Å². The monoisotopic (exact) mass is 423 g/mol. The van der Waals surface area contributed by atoms with Crippen LogP contribution in [0.15, 0.2) is 60.8 Å². The molecule has 7 nitrogen and oxygen atoms in total. The summed E-state index contributed by atoms with van der Waals surface area (Å²) < 4.78 is 41.2. The fourth-order valence-corrected chi connectivity index (χ4v) is 3.08. The lowest BCUT2D eigenvalue weighted by Gasteiger charge is -2.12. The molecule has 2 aromatic heterocycles. The van der Waals surface area contributed by atoms with Gasteiger partial charge in [0.2, 0.25) is 5.95 Å². The summed E-state index contributed by atoms with van der Waals surface area (Å²) in [4.78, 5) is 15.5. The van der Waals surface area contributed by atoms with E-state index in [-0.39, 0.29) is 11.6 Å². The van der Waals surface area contributed by atoms with Crippen LogP contribution < -0.4 is 5.32 Å². The van der Waals surface area contributed by atoms with Gasteiger partial charge in [0.15, 0.2) is 5.65 Å². The minimum Gasteiger partial charge on any atom is -0.478 e. The molecule has 2 heterocycles. The fraction of sp³-hybridized carbons (Fsp3) is 0.0476. The second kappa shape index (κ2) is 7.46. The molecule has 0 aliphatic carbocycles. The molecule has 0 unspecified atom stereocenters. The standard InChI is InChI=1S/C21H12F3N5O2/c22-21(23,24)17-10-14(7-8-16(17)19(30)31)26-20-27-18-15(2-1-9-29(18)28-20)13-5-3-12(11-25)4-6-13/h1-10H,(H,26,28)(H,30,31). The zero-order valence-corrected chi connectivity index (χ0v) is 15.6. The van der Waals surface area contributed by atoms with Gasteiger partial charge in [0.1, 0.15) is 0 Å². The maximum absolute atomic E-state index is 13.2. The summed E-state index contributed by atoms with van der Waals surface area (Å²) in [6.45, 7) is 0. The smallest absolute Gasteiger partial charge is 0.417 e. The average molecular weight is 423 g/mol. The number of pyridine rings is 1. The van der Waals surface area contributed by atoms with Gasteiger partial charge in [0.25, 0.3) is 0 Å². The topological polar surface area (TPSA) is 103 Å². The number of alkyl halides is 3. The number of aromatic carboxylic acids is 1. The van der Waals surface area contributed by atoms with E-state index >= 15 is 0 Å². The van der Waals surface area contributed by atoms with E-state index in [1.807, 2.05) is 6.07 Å². The van der Waals surface area contributed by atoms with Crippen LogP contribution in [0.25, 0.3) is 16.8 Å². The van der Waals surface area contributed by atoms with Crippen LogP contribution in [0.3, 0.4) is 0 Å². The lowest BCUT2D eigenvalue weighted by molar-refractivity contribution is -0.138. The van der Waals surface area contributed by atoms with Gasteiger partial charge in [-0.25, -0.2) is 9.31 Å². The Morgan fingerprint density at radius 2 is 1.87 bits per heavy atom. The summed E-state index contributed by atoms with van der Waals surface area (Å²) in [5.74, 6) is -1.63. The molecule has 0 saturated carbocycles. The molecule has 10 heteroatoms. The Balaban J connectivity index is 1.72. The van der Waals surface area contributed by atoms with Crippen LogP contribution in [0, 0.1) is 11.3 Å². The summed E-state index contributed by atoms with van der Waals surface area (Å²) in [6, 6.07) is 15.2. The molecule has 0 saturated heterocycles. The number of fused-ring (bicyclic) bond motifs is 1. The van der Waals surface area contributed by atoms with Crippen molar-refractivity contribution in [3.63, 3.8) is 0 Å². The average Bonchev–Trinajstić information content (AvgIpc) is 3.15. The van der Waals surface area contributed by atoms with Crippen molar-refractivity contribution in [1.82, 2.24) is 14.6 Å². The molecule has 0 aliphatic heterocycles. The number of anilines is 2. The van der Waals surface area contributed by atoms with Crippen LogP contribution in [0.1, 0.15) is 21.5 Å². The number of carboxylic acid groups (broad SMARTS) is 1. The van der Waals surface area contributed by atoms with Crippen LogP contribution >= 0.6 is 0 Å². The first-order chi connectivity index (χ1) is 14.8. The van der Waals surface area contributed by atoms with Gasteiger partial charge in [-0.15, -0.1) is 5.10 Å². The number of nitriles is 1. The minimum absolute atomic E-state index is 0.00634. The molecule has 0 radical (unpaired) electrons. The Labute approximate surface area is 173 Å². The summed E-state index contributed by atoms with van der Waals surface area (Å²) >= 11 is 0. The first kappa shape index (κ1) is 19.9. The van der Waals surface area contributed by atoms with Crippen molar-refractivity contribution >= 4 is 23.3 Å². The molecule has 4 aromatic rings. The Bertz CT molecular complexity index is 1340. The maximum atomic E-state index is 13.2. The second-order valence-corrected chi connectivity index (χ2v) is 6.50. The van der Waals surface area contributed by atoms with Crippen LogP contribution in [0.4, 0.5) is 24.8 Å². The zero-order valence-electron chi connectivity index (χ0n) is 15.6. The van der Waals surface area contributed by atoms with E-state index in [0.717, 1.165) is 11.6 Å². The molecule has 0 spiro atoms. The Morgan fingerprint density at radius 3 is 2.52 bits per heavy atom. The van der Waals surface area contributed by atoms with Crippen molar-refractivity contribution in [2.45, 2.75) is 6.18 Å². The first-order valence-corrected chi connectivity index (χ1v) is 8.84. The lowest BCUT2D eigenvalue weighted by atomic mass is 10.1. The Morgan fingerprint density at radius 1 is 1.13 bits per heavy atom. The third kappa shape index (κ3) is 3.89. The van der Waals surface area contributed by atoms with Crippen LogP contribution in [-0.4, -0.2) is 25.7 Å². The number of nitrogens with one attached hydrogen (secondary N) is 1. The number of hydrogen-bond acceptors (Lipinski definition) is 5. The van der Waals surface area contributed by atoms with E-state index in [1.54, 1.807) is 42.6 Å². The summed E-state index contributed by atoms with van der Waals surface area (Å²) in [7, 11) is 0. The largest absolute Gasteiger partial charge is 0.478 e. The molecule has 4 rings (SSSR count). The van der Waals surface area contributed by atoms with E-state index in [1.165, 1.54) is 10.6 Å². The van der Waals surface area contributed by atoms with Crippen molar-refractivity contribution in [2.24, 2.45) is 0 Å². The number of aromatic nitrogens is 3. The number of carbonyl (C=O) groups is 1. The van der Waals surface area contributed by atoms with Gasteiger partial charge in [0.05, 0.1) is 22.8 Å². The van der Waals surface area contributed by atoms with Gasteiger partial charge in [-0.05, 0) is 48.0 Å². The number of hydrogen-bond donors (Lipinski definition) is 2. The number of carboxylic acids is 1. The van der Waals surface area contributed by atoms with Gasteiger partial charge < -0.3 is 10.4 Å². The van der Waals surface area contributed by atoms with Crippen LogP contribution in [0.5, 0.6) is 0 Å². The molecule has 0 fully saturated rings. The van der Waals surface area contributed by atoms with Crippen LogP contribution in [-0.2, 0) is 6.18 Å². The highest BCUT2D eigenvalue weighted by molar-refractivity contribution is 5.90. The molecule has 0 amide bonds. The number of rotatable bonds is 4. The normalized spacial score (nSPS) is 11.3. The summed E-state index contributed by atoms with van der Waals surface area (Å²) in [6.07, 6.45) is -3.20. The number of halogens is 3. The van der Waals surface area contributed by atoms with E-state index in [2.05, 4.69) is 15.4 Å². The fourth-order valence-electron chi connectivity index (χ4n) is 3.08. The zero-order chi connectivity index (χ0) is 22.2. The van der Waals surface area contributed by atoms with Crippen molar-refractivity contribution in [2.75, 3.05) is 5.32 Å². The predicted octanol–water partition coefficient (Wildman–Crippen LogP) is 4.73. The Hall–Kier alpha value is -4.39. The maximum Gasteiger partial charge on any atom is 0.417 e. The first-order valence-electron chi connectivity index (χ1n) is 8.84. The molecule has 31 heavy (non-hydrogen) atoms. The number of benzene rings is 2. The molecule has 2 N–H and O–H groups in total. The van der Waals surface area contributed by atoms with E-state index in [0.29, 0.717) is 22.8 Å². The van der Waals surface area contributed by atoms with Crippen LogP contribution in [0.2, 0.25) is 0 Å². The highest BCUT2D eigenvalue weighted by Crippen LogP contribution is 2.34. The quantitative estimate of drug-likeness (QED) is 0.492. The SMILES string of the molecule is N#Cc1ccc(-c2cccn3nc(Nc4ccc(C(=O)O)c(C(F)(F)F)c4)nc23)cc1. The Kier molecular flexibility index (Phi) is 4.79. The highest BCUT2D eigenvalue weighted by Gasteiger charge is 2.35. The van der Waals surface area contributed by atoms with E-state index in [4.69, 9.17) is 10.4 Å². The van der Waals surface area contributed by atoms with Gasteiger partial charge in [-0.2, -0.15) is 23.4 Å². The third-order valence-corrected chi connectivity index (χ3v) is 4.50. The minimum atomic E-state index is -4.83. The van der Waals surface area contributed by atoms with Crippen molar-refractivity contribution < 1.29 is 23.1 Å². The van der Waals surface area contributed by atoms with Gasteiger partial charge >= 0.3 is 12.1 Å². The van der Waals surface area contributed by atoms with Gasteiger partial charge in [-0.3, -0.25) is 0 Å².